The molecule has 1 spiro atoms. The number of aryl methyl sites for hydroxylation is 1. The van der Waals surface area contributed by atoms with Crippen molar-refractivity contribution in [3.05, 3.63) is 35.4 Å². The van der Waals surface area contributed by atoms with Gasteiger partial charge in [-0.1, -0.05) is 52.0 Å². The predicted octanol–water partition coefficient (Wildman–Crippen LogP) is 3.68. The number of rotatable bonds is 5. The number of sulfonamides is 1. The van der Waals surface area contributed by atoms with Gasteiger partial charge >= 0.3 is 6.03 Å². The van der Waals surface area contributed by atoms with E-state index in [1.807, 2.05) is 6.92 Å². The summed E-state index contributed by atoms with van der Waals surface area (Å²) in [6.07, 6.45) is 5.09. The second-order valence-electron chi connectivity index (χ2n) is 11.9. The molecule has 5 rings (SSSR count). The number of piperidine rings is 1. The number of imide groups is 1. The second kappa shape index (κ2) is 8.30. The normalized spacial score (nSPS) is 32.3. The Hall–Kier alpha value is -1.93. The minimum Gasteiger partial charge on any atom is -0.329 e. The molecule has 192 valence electrons. The number of carbonyl (C=O) groups excluding carboxylic acids is 2. The Labute approximate surface area is 209 Å². The zero-order valence-electron chi connectivity index (χ0n) is 21.5. The molecule has 0 bridgehead atoms. The van der Waals surface area contributed by atoms with Crippen LogP contribution >= 0.6 is 0 Å². The van der Waals surface area contributed by atoms with E-state index in [-0.39, 0.29) is 41.0 Å². The molecular weight excluding hydrogens is 462 g/mol. The monoisotopic (exact) mass is 501 g/mol. The summed E-state index contributed by atoms with van der Waals surface area (Å²) in [6.45, 7) is 9.43. The number of nitrogens with one attached hydrogen (secondary N) is 1. The van der Waals surface area contributed by atoms with Gasteiger partial charge in [-0.2, -0.15) is 0 Å². The molecule has 35 heavy (non-hydrogen) atoms. The fraction of sp³-hybridized carbons (Fsp3) is 0.704. The molecule has 1 aromatic rings. The molecule has 3 amide bonds. The van der Waals surface area contributed by atoms with E-state index in [1.165, 1.54) is 16.0 Å². The first-order valence-electron chi connectivity index (χ1n) is 13.1. The fourth-order valence-corrected chi connectivity index (χ4v) is 10.2. The zero-order valence-corrected chi connectivity index (χ0v) is 22.3. The van der Waals surface area contributed by atoms with Crippen LogP contribution in [0.4, 0.5) is 4.79 Å². The first-order chi connectivity index (χ1) is 16.5. The maximum atomic E-state index is 14.0. The number of urea groups is 1. The van der Waals surface area contributed by atoms with Crippen molar-refractivity contribution >= 4 is 22.0 Å². The summed E-state index contributed by atoms with van der Waals surface area (Å²) in [5.74, 6) is -0.0949. The van der Waals surface area contributed by atoms with Crippen LogP contribution in [0, 0.1) is 16.7 Å². The summed E-state index contributed by atoms with van der Waals surface area (Å²) < 4.78 is 29.7. The van der Waals surface area contributed by atoms with Gasteiger partial charge in [0.25, 0.3) is 0 Å². The molecule has 8 heteroatoms. The summed E-state index contributed by atoms with van der Waals surface area (Å²) >= 11 is 0. The van der Waals surface area contributed by atoms with Crippen molar-refractivity contribution < 1.29 is 18.0 Å². The Bertz CT molecular complexity index is 1120. The molecule has 3 fully saturated rings. The molecule has 4 aliphatic rings. The molecular formula is C27H39N3O4S. The van der Waals surface area contributed by atoms with Gasteiger partial charge in [-0.3, -0.25) is 9.69 Å². The molecule has 1 N–H and O–H groups in total. The van der Waals surface area contributed by atoms with Gasteiger partial charge in [0.15, 0.2) is 0 Å². The molecule has 3 unspecified atom stereocenters. The molecule has 2 heterocycles. The Morgan fingerprint density at radius 2 is 1.77 bits per heavy atom. The van der Waals surface area contributed by atoms with Crippen LogP contribution in [0.15, 0.2) is 24.3 Å². The van der Waals surface area contributed by atoms with Crippen LogP contribution in [0.1, 0.15) is 70.9 Å². The van der Waals surface area contributed by atoms with E-state index in [0.29, 0.717) is 25.9 Å². The highest BCUT2D eigenvalue weighted by molar-refractivity contribution is 7.89. The molecule has 3 atom stereocenters. The summed E-state index contributed by atoms with van der Waals surface area (Å²) in [5.41, 5.74) is 1.87. The molecule has 1 aromatic carbocycles. The van der Waals surface area contributed by atoms with Crippen molar-refractivity contribution in [1.29, 1.82) is 0 Å². The molecule has 2 saturated heterocycles. The third-order valence-electron chi connectivity index (χ3n) is 10.5. The lowest BCUT2D eigenvalue weighted by molar-refractivity contribution is -0.128. The van der Waals surface area contributed by atoms with E-state index >= 15 is 0 Å². The van der Waals surface area contributed by atoms with Crippen molar-refractivity contribution in [3.63, 3.8) is 0 Å². The lowest BCUT2D eigenvalue weighted by atomic mass is 9.63. The van der Waals surface area contributed by atoms with Gasteiger partial charge < -0.3 is 5.32 Å². The Balaban J connectivity index is 1.41. The first-order valence-corrected chi connectivity index (χ1v) is 14.7. The fourth-order valence-electron chi connectivity index (χ4n) is 7.85. The molecule has 1 saturated carbocycles. The number of carbonyl (C=O) groups is 2. The lowest BCUT2D eigenvalue weighted by Gasteiger charge is -2.48. The van der Waals surface area contributed by atoms with Crippen molar-refractivity contribution in [2.75, 3.05) is 25.4 Å². The van der Waals surface area contributed by atoms with E-state index in [9.17, 15) is 18.0 Å². The quantitative estimate of drug-likeness (QED) is 0.624. The number of hydrogen-bond donors (Lipinski definition) is 1. The van der Waals surface area contributed by atoms with Crippen molar-refractivity contribution in [1.82, 2.24) is 14.5 Å². The van der Waals surface area contributed by atoms with E-state index < -0.39 is 21.5 Å². The first kappa shape index (κ1) is 24.8. The third kappa shape index (κ3) is 3.57. The highest BCUT2D eigenvalue weighted by atomic mass is 32.2. The highest BCUT2D eigenvalue weighted by Crippen LogP contribution is 2.60. The summed E-state index contributed by atoms with van der Waals surface area (Å²) in [4.78, 5) is 26.7. The van der Waals surface area contributed by atoms with Gasteiger partial charge in [-0.25, -0.2) is 17.5 Å². The van der Waals surface area contributed by atoms with Crippen LogP contribution in [-0.4, -0.2) is 61.0 Å². The lowest BCUT2D eigenvalue weighted by Crippen LogP contribution is -2.57. The standard InChI is InChI=1S/C27H39N3O4S/c1-5-27(22(16-19(2)25(27,3)4)30-23(31)17-28-24(30)32)18-35(33,34)29-14-12-26(13-15-29)11-10-20-8-6-7-9-21(20)26/h6-9,19,22H,5,10-18H2,1-4H3,(H,28,32). The van der Waals surface area contributed by atoms with Crippen LogP contribution < -0.4 is 5.32 Å². The maximum Gasteiger partial charge on any atom is 0.324 e. The largest absolute Gasteiger partial charge is 0.329 e. The van der Waals surface area contributed by atoms with Gasteiger partial charge in [0.1, 0.15) is 0 Å². The predicted molar refractivity (Wildman–Crippen MR) is 135 cm³/mol. The average molecular weight is 502 g/mol. The van der Waals surface area contributed by atoms with Gasteiger partial charge in [-0.05, 0) is 66.4 Å². The zero-order chi connectivity index (χ0) is 25.2. The highest BCUT2D eigenvalue weighted by Gasteiger charge is 2.63. The number of nitrogens with zero attached hydrogens (tertiary/aromatic N) is 2. The molecule has 0 aromatic heterocycles. The van der Waals surface area contributed by atoms with Crippen molar-refractivity contribution in [2.45, 2.75) is 77.7 Å². The van der Waals surface area contributed by atoms with Crippen LogP contribution in [-0.2, 0) is 26.7 Å². The van der Waals surface area contributed by atoms with E-state index in [0.717, 1.165) is 25.7 Å². The van der Waals surface area contributed by atoms with Gasteiger partial charge in [0.2, 0.25) is 15.9 Å². The molecule has 0 radical (unpaired) electrons. The Kier molecular flexibility index (Phi) is 5.87. The van der Waals surface area contributed by atoms with E-state index in [1.54, 1.807) is 4.31 Å². The van der Waals surface area contributed by atoms with Crippen LogP contribution in [0.5, 0.6) is 0 Å². The van der Waals surface area contributed by atoms with Crippen molar-refractivity contribution in [2.24, 2.45) is 16.7 Å². The van der Waals surface area contributed by atoms with Crippen LogP contribution in [0.25, 0.3) is 0 Å². The number of hydrogen-bond acceptors (Lipinski definition) is 4. The Morgan fingerprint density at radius 3 is 2.40 bits per heavy atom. The summed E-state index contributed by atoms with van der Waals surface area (Å²) in [6, 6.07) is 7.81. The molecule has 7 nitrogen and oxygen atoms in total. The topological polar surface area (TPSA) is 86.8 Å². The molecule has 2 aliphatic carbocycles. The summed E-state index contributed by atoms with van der Waals surface area (Å²) in [7, 11) is -3.59. The smallest absolute Gasteiger partial charge is 0.324 e. The minimum atomic E-state index is -3.59. The maximum absolute atomic E-state index is 14.0. The van der Waals surface area contributed by atoms with Gasteiger partial charge in [0.05, 0.1) is 12.3 Å². The Morgan fingerprint density at radius 1 is 1.09 bits per heavy atom. The van der Waals surface area contributed by atoms with Crippen molar-refractivity contribution in [3.8, 4) is 0 Å². The SMILES string of the molecule is CCC1(CS(=O)(=O)N2CCC3(CCc4ccccc43)CC2)C(N2C(=O)CNC2=O)CC(C)C1(C)C. The van der Waals surface area contributed by atoms with Crippen LogP contribution in [0.3, 0.4) is 0 Å². The van der Waals surface area contributed by atoms with Crippen LogP contribution in [0.2, 0.25) is 0 Å². The summed E-state index contributed by atoms with van der Waals surface area (Å²) in [5, 5.41) is 2.64. The van der Waals surface area contributed by atoms with E-state index in [2.05, 4.69) is 50.4 Å². The number of benzene rings is 1. The van der Waals surface area contributed by atoms with E-state index in [4.69, 9.17) is 0 Å². The van der Waals surface area contributed by atoms with Gasteiger partial charge in [-0.15, -0.1) is 0 Å². The number of fused-ring (bicyclic) bond motifs is 2. The number of amides is 3. The minimum absolute atomic E-state index is 0.00757. The molecule has 2 aliphatic heterocycles. The second-order valence-corrected chi connectivity index (χ2v) is 13.9. The van der Waals surface area contributed by atoms with Gasteiger partial charge in [0, 0.05) is 24.5 Å². The average Bonchev–Trinajstić information content (AvgIpc) is 3.41. The third-order valence-corrected chi connectivity index (χ3v) is 12.6.